The molecular formula is C21H22FN3O3. The zero-order valence-electron chi connectivity index (χ0n) is 16.3. The number of hydrogen-bond acceptors (Lipinski definition) is 4. The molecule has 0 bridgehead atoms. The molecule has 0 aliphatic rings. The number of amides is 1. The number of fused-ring (bicyclic) bond motifs is 1. The fourth-order valence-corrected chi connectivity index (χ4v) is 3.20. The van der Waals surface area contributed by atoms with Gasteiger partial charge >= 0.3 is 0 Å². The molecule has 0 unspecified atom stereocenters. The molecule has 3 aromatic rings. The van der Waals surface area contributed by atoms with Crippen molar-refractivity contribution in [2.24, 2.45) is 0 Å². The van der Waals surface area contributed by atoms with E-state index in [1.54, 1.807) is 42.8 Å². The molecule has 1 heterocycles. The van der Waals surface area contributed by atoms with E-state index in [1.165, 1.54) is 24.1 Å². The van der Waals surface area contributed by atoms with Crippen LogP contribution in [0.25, 0.3) is 11.0 Å². The summed E-state index contributed by atoms with van der Waals surface area (Å²) in [6.45, 7) is 4.32. The van der Waals surface area contributed by atoms with Crippen LogP contribution in [0.15, 0.2) is 41.2 Å². The molecule has 6 nitrogen and oxygen atoms in total. The predicted molar refractivity (Wildman–Crippen MR) is 105 cm³/mol. The molecule has 0 aliphatic carbocycles. The first-order valence-corrected chi connectivity index (χ1v) is 8.94. The van der Waals surface area contributed by atoms with Crippen LogP contribution in [0.1, 0.15) is 28.5 Å². The Morgan fingerprint density at radius 1 is 1.25 bits per heavy atom. The highest BCUT2D eigenvalue weighted by molar-refractivity contribution is 5.97. The molecule has 0 atom stereocenters. The van der Waals surface area contributed by atoms with Crippen molar-refractivity contribution in [3.63, 3.8) is 0 Å². The molecule has 7 heteroatoms. The summed E-state index contributed by atoms with van der Waals surface area (Å²) in [7, 11) is 3.06. The third-order valence-corrected chi connectivity index (χ3v) is 4.65. The van der Waals surface area contributed by atoms with Crippen molar-refractivity contribution in [3.05, 3.63) is 69.4 Å². The Balaban J connectivity index is 1.89. The summed E-state index contributed by atoms with van der Waals surface area (Å²) < 4.78 is 20.4. The van der Waals surface area contributed by atoms with E-state index in [0.717, 1.165) is 0 Å². The average molecular weight is 383 g/mol. The lowest BCUT2D eigenvalue weighted by molar-refractivity contribution is 0.0785. The van der Waals surface area contributed by atoms with Gasteiger partial charge in [-0.25, -0.2) is 9.37 Å². The van der Waals surface area contributed by atoms with Gasteiger partial charge < -0.3 is 14.2 Å². The summed E-state index contributed by atoms with van der Waals surface area (Å²) in [5.74, 6) is -0.522. The second kappa shape index (κ2) is 7.80. The number of halogens is 1. The quantitative estimate of drug-likeness (QED) is 0.679. The van der Waals surface area contributed by atoms with Gasteiger partial charge in [-0.1, -0.05) is 6.07 Å². The van der Waals surface area contributed by atoms with Crippen molar-refractivity contribution in [1.29, 1.82) is 0 Å². The highest BCUT2D eigenvalue weighted by atomic mass is 19.1. The lowest BCUT2D eigenvalue weighted by Crippen LogP contribution is -2.27. The Morgan fingerprint density at radius 3 is 2.64 bits per heavy atom. The Labute approximate surface area is 162 Å². The van der Waals surface area contributed by atoms with Crippen LogP contribution in [0.4, 0.5) is 4.39 Å². The molecular weight excluding hydrogens is 361 g/mol. The molecule has 0 fully saturated rings. The van der Waals surface area contributed by atoms with E-state index in [0.29, 0.717) is 34.4 Å². The first-order chi connectivity index (χ1) is 13.3. The minimum atomic E-state index is -0.469. The summed E-state index contributed by atoms with van der Waals surface area (Å²) in [5, 5.41) is 0. The van der Waals surface area contributed by atoms with E-state index in [1.807, 2.05) is 6.92 Å². The number of hydrogen-bond donors (Lipinski definition) is 0. The predicted octanol–water partition coefficient (Wildman–Crippen LogP) is 3.14. The van der Waals surface area contributed by atoms with E-state index in [4.69, 9.17) is 4.74 Å². The molecule has 146 valence electrons. The standard InChI is InChI=1S/C21H22FN3O3/c1-5-25-18-8-7-15(11-17(18)23-13(2)20(25)26)21(27)24(3)12-14-6-9-19(28-4)16(22)10-14/h6-11H,5,12H2,1-4H3. The number of rotatable bonds is 5. The Morgan fingerprint density at radius 2 is 2.00 bits per heavy atom. The molecule has 2 aromatic carbocycles. The second-order valence-corrected chi connectivity index (χ2v) is 6.58. The van der Waals surface area contributed by atoms with Gasteiger partial charge in [0.05, 0.1) is 18.1 Å². The molecule has 0 N–H and O–H groups in total. The van der Waals surface area contributed by atoms with Crippen LogP contribution < -0.4 is 10.3 Å². The van der Waals surface area contributed by atoms with Crippen molar-refractivity contribution in [1.82, 2.24) is 14.5 Å². The lowest BCUT2D eigenvalue weighted by Gasteiger charge is -2.18. The van der Waals surface area contributed by atoms with Crippen LogP contribution in [0, 0.1) is 12.7 Å². The first-order valence-electron chi connectivity index (χ1n) is 8.94. The van der Waals surface area contributed by atoms with Crippen LogP contribution in [0.5, 0.6) is 5.75 Å². The zero-order valence-corrected chi connectivity index (χ0v) is 16.3. The van der Waals surface area contributed by atoms with Crippen LogP contribution in [-0.4, -0.2) is 34.5 Å². The number of methoxy groups -OCH3 is 1. The lowest BCUT2D eigenvalue weighted by atomic mass is 10.1. The number of aromatic nitrogens is 2. The van der Waals surface area contributed by atoms with Gasteiger partial charge in [0, 0.05) is 25.7 Å². The van der Waals surface area contributed by atoms with Crippen molar-refractivity contribution >= 4 is 16.9 Å². The summed E-state index contributed by atoms with van der Waals surface area (Å²) in [4.78, 5) is 30.9. The highest BCUT2D eigenvalue weighted by Crippen LogP contribution is 2.20. The third-order valence-electron chi connectivity index (χ3n) is 4.65. The average Bonchev–Trinajstić information content (AvgIpc) is 2.68. The third kappa shape index (κ3) is 3.60. The first kappa shape index (κ1) is 19.5. The summed E-state index contributed by atoms with van der Waals surface area (Å²) in [6.07, 6.45) is 0. The van der Waals surface area contributed by atoms with Crippen molar-refractivity contribution in [2.75, 3.05) is 14.2 Å². The van der Waals surface area contributed by atoms with Gasteiger partial charge in [-0.05, 0) is 49.7 Å². The number of carbonyl (C=O) groups excluding carboxylic acids is 1. The molecule has 0 radical (unpaired) electrons. The number of benzene rings is 2. The van der Waals surface area contributed by atoms with Crippen molar-refractivity contribution in [3.8, 4) is 5.75 Å². The maximum Gasteiger partial charge on any atom is 0.272 e. The fraction of sp³-hybridized carbons (Fsp3) is 0.286. The summed E-state index contributed by atoms with van der Waals surface area (Å²) in [5.41, 5.74) is 2.65. The minimum Gasteiger partial charge on any atom is -0.494 e. The van der Waals surface area contributed by atoms with Crippen LogP contribution in [0.2, 0.25) is 0 Å². The SMILES string of the molecule is CCn1c(=O)c(C)nc2cc(C(=O)N(C)Cc3ccc(OC)c(F)c3)ccc21. The van der Waals surface area contributed by atoms with Gasteiger partial charge in [-0.15, -0.1) is 0 Å². The molecule has 1 amide bonds. The van der Waals surface area contributed by atoms with E-state index < -0.39 is 5.82 Å². The van der Waals surface area contributed by atoms with Crippen molar-refractivity contribution < 1.29 is 13.9 Å². The largest absolute Gasteiger partial charge is 0.494 e. The molecule has 0 saturated carbocycles. The van der Waals surface area contributed by atoms with Gasteiger partial charge in [0.25, 0.3) is 11.5 Å². The van der Waals surface area contributed by atoms with Gasteiger partial charge in [-0.3, -0.25) is 9.59 Å². The monoisotopic (exact) mass is 383 g/mol. The van der Waals surface area contributed by atoms with E-state index in [-0.39, 0.29) is 23.8 Å². The Kier molecular flexibility index (Phi) is 5.44. The van der Waals surface area contributed by atoms with Gasteiger partial charge in [0.1, 0.15) is 5.69 Å². The summed E-state index contributed by atoms with van der Waals surface area (Å²) >= 11 is 0. The maximum atomic E-state index is 13.9. The number of nitrogens with zero attached hydrogens (tertiary/aromatic N) is 3. The zero-order chi connectivity index (χ0) is 20.4. The molecule has 0 aliphatic heterocycles. The maximum absolute atomic E-state index is 13.9. The number of ether oxygens (including phenoxy) is 1. The second-order valence-electron chi connectivity index (χ2n) is 6.58. The smallest absolute Gasteiger partial charge is 0.272 e. The minimum absolute atomic E-state index is 0.132. The van der Waals surface area contributed by atoms with Crippen LogP contribution in [0.3, 0.4) is 0 Å². The molecule has 0 spiro atoms. The topological polar surface area (TPSA) is 64.4 Å². The molecule has 0 saturated heterocycles. The van der Waals surface area contributed by atoms with E-state index in [2.05, 4.69) is 4.98 Å². The van der Waals surface area contributed by atoms with Gasteiger partial charge in [0.2, 0.25) is 0 Å². The Bertz CT molecular complexity index is 1110. The van der Waals surface area contributed by atoms with E-state index >= 15 is 0 Å². The molecule has 3 rings (SSSR count). The van der Waals surface area contributed by atoms with Gasteiger partial charge in [0.15, 0.2) is 11.6 Å². The molecule has 28 heavy (non-hydrogen) atoms. The normalized spacial score (nSPS) is 10.9. The van der Waals surface area contributed by atoms with Crippen LogP contribution >= 0.6 is 0 Å². The number of carbonyl (C=O) groups is 1. The highest BCUT2D eigenvalue weighted by Gasteiger charge is 2.15. The summed E-state index contributed by atoms with van der Waals surface area (Å²) in [6, 6.07) is 9.71. The van der Waals surface area contributed by atoms with Crippen molar-refractivity contribution in [2.45, 2.75) is 26.9 Å². The van der Waals surface area contributed by atoms with E-state index in [9.17, 15) is 14.0 Å². The van der Waals surface area contributed by atoms with Gasteiger partial charge in [-0.2, -0.15) is 0 Å². The molecule has 1 aromatic heterocycles. The Hall–Kier alpha value is -3.22. The number of aryl methyl sites for hydroxylation is 2. The van der Waals surface area contributed by atoms with Crippen LogP contribution in [-0.2, 0) is 13.1 Å². The fourth-order valence-electron chi connectivity index (χ4n) is 3.20.